The Kier molecular flexibility index (Phi) is 4.04. The van der Waals surface area contributed by atoms with Gasteiger partial charge in [-0.05, 0) is 23.7 Å². The van der Waals surface area contributed by atoms with Crippen LogP contribution in [0, 0.1) is 21.8 Å². The monoisotopic (exact) mass is 319 g/mol. The Hall–Kier alpha value is -0.620. The standard InChI is InChI=1S/C11H11BrFNO2S/c12-9-6-17-5-8(9)4-7-2-1-3-10(11(7)13)14(15)16/h1-3,8-9H,4-6H2. The highest BCUT2D eigenvalue weighted by Gasteiger charge is 2.28. The minimum absolute atomic E-state index is 0.344. The van der Waals surface area contributed by atoms with Crippen LogP contribution in [0.1, 0.15) is 5.56 Å². The first-order valence-electron chi connectivity index (χ1n) is 5.23. The summed E-state index contributed by atoms with van der Waals surface area (Å²) in [5.41, 5.74) is 0.00965. The molecule has 3 nitrogen and oxygen atoms in total. The molecule has 2 rings (SSSR count). The molecule has 6 heteroatoms. The third kappa shape index (κ3) is 2.80. The van der Waals surface area contributed by atoms with Crippen molar-refractivity contribution in [2.45, 2.75) is 11.2 Å². The topological polar surface area (TPSA) is 43.1 Å². The molecule has 1 aromatic rings. The van der Waals surface area contributed by atoms with E-state index >= 15 is 0 Å². The van der Waals surface area contributed by atoms with Crippen LogP contribution in [0.15, 0.2) is 18.2 Å². The van der Waals surface area contributed by atoms with E-state index in [9.17, 15) is 14.5 Å². The van der Waals surface area contributed by atoms with Gasteiger partial charge < -0.3 is 0 Å². The van der Waals surface area contributed by atoms with Crippen LogP contribution in [0.5, 0.6) is 0 Å². The van der Waals surface area contributed by atoms with Crippen molar-refractivity contribution in [3.8, 4) is 0 Å². The number of hydrogen-bond acceptors (Lipinski definition) is 3. The Morgan fingerprint density at radius 2 is 2.29 bits per heavy atom. The molecule has 0 amide bonds. The summed E-state index contributed by atoms with van der Waals surface area (Å²) in [6.45, 7) is 0. The summed E-state index contributed by atoms with van der Waals surface area (Å²) < 4.78 is 13.8. The number of hydrogen-bond donors (Lipinski definition) is 0. The second-order valence-electron chi connectivity index (χ2n) is 4.03. The SMILES string of the molecule is O=[N+]([O-])c1cccc(CC2CSCC2Br)c1F. The van der Waals surface area contributed by atoms with Crippen LogP contribution in [0.25, 0.3) is 0 Å². The number of thioether (sulfide) groups is 1. The molecule has 0 aromatic heterocycles. The molecule has 0 radical (unpaired) electrons. The lowest BCUT2D eigenvalue weighted by molar-refractivity contribution is -0.387. The average Bonchev–Trinajstić information content (AvgIpc) is 2.67. The van der Waals surface area contributed by atoms with Gasteiger partial charge in [-0.3, -0.25) is 10.1 Å². The van der Waals surface area contributed by atoms with E-state index in [-0.39, 0.29) is 0 Å². The minimum atomic E-state index is -0.686. The van der Waals surface area contributed by atoms with Gasteiger partial charge in [-0.25, -0.2) is 0 Å². The van der Waals surface area contributed by atoms with Gasteiger partial charge in [0, 0.05) is 16.6 Å². The van der Waals surface area contributed by atoms with Crippen LogP contribution in [0.4, 0.5) is 10.1 Å². The Morgan fingerprint density at radius 1 is 1.53 bits per heavy atom. The molecule has 92 valence electrons. The number of nitro benzene ring substituents is 1. The lowest BCUT2D eigenvalue weighted by Gasteiger charge is -2.13. The van der Waals surface area contributed by atoms with Crippen LogP contribution < -0.4 is 0 Å². The zero-order chi connectivity index (χ0) is 12.4. The molecule has 0 bridgehead atoms. The average molecular weight is 320 g/mol. The normalized spacial score (nSPS) is 23.9. The fourth-order valence-corrected chi connectivity index (χ4v) is 4.37. The second kappa shape index (κ2) is 5.35. The van der Waals surface area contributed by atoms with E-state index in [1.54, 1.807) is 12.1 Å². The van der Waals surface area contributed by atoms with Crippen LogP contribution in [0.2, 0.25) is 0 Å². The summed E-state index contributed by atoms with van der Waals surface area (Å²) in [6, 6.07) is 4.38. The summed E-state index contributed by atoms with van der Waals surface area (Å²) in [4.78, 5) is 10.3. The first-order chi connectivity index (χ1) is 8.09. The van der Waals surface area contributed by atoms with Crippen molar-refractivity contribution in [1.29, 1.82) is 0 Å². The van der Waals surface area contributed by atoms with Crippen molar-refractivity contribution in [3.63, 3.8) is 0 Å². The summed E-state index contributed by atoms with van der Waals surface area (Å²) in [5, 5.41) is 10.6. The van der Waals surface area contributed by atoms with Gasteiger partial charge in [-0.15, -0.1) is 0 Å². The lowest BCUT2D eigenvalue weighted by atomic mass is 9.98. The van der Waals surface area contributed by atoms with Crippen molar-refractivity contribution < 1.29 is 9.31 Å². The van der Waals surface area contributed by atoms with Crippen molar-refractivity contribution in [3.05, 3.63) is 39.7 Å². The summed E-state index contributed by atoms with van der Waals surface area (Å²) in [6.07, 6.45) is 0.552. The predicted octanol–water partition coefficient (Wildman–Crippen LogP) is 3.40. The molecule has 2 unspecified atom stereocenters. The van der Waals surface area contributed by atoms with E-state index in [1.807, 2.05) is 11.8 Å². The maximum atomic E-state index is 13.8. The molecule has 0 aliphatic carbocycles. The largest absolute Gasteiger partial charge is 0.305 e. The number of halogens is 2. The fourth-order valence-electron chi connectivity index (χ4n) is 1.91. The molecule has 0 saturated carbocycles. The van der Waals surface area contributed by atoms with Crippen molar-refractivity contribution >= 4 is 33.4 Å². The first-order valence-corrected chi connectivity index (χ1v) is 7.30. The first kappa shape index (κ1) is 12.8. The van der Waals surface area contributed by atoms with Gasteiger partial charge in [0.05, 0.1) is 4.92 Å². The quantitative estimate of drug-likeness (QED) is 0.487. The van der Waals surface area contributed by atoms with Crippen LogP contribution in [0.3, 0.4) is 0 Å². The highest BCUT2D eigenvalue weighted by molar-refractivity contribution is 9.09. The third-order valence-corrected chi connectivity index (χ3v) is 5.62. The van der Waals surface area contributed by atoms with Gasteiger partial charge in [0.2, 0.25) is 5.82 Å². The molecule has 1 fully saturated rings. The van der Waals surface area contributed by atoms with E-state index in [4.69, 9.17) is 0 Å². The summed E-state index contributed by atoms with van der Waals surface area (Å²) in [5.74, 6) is 1.64. The maximum absolute atomic E-state index is 13.8. The minimum Gasteiger partial charge on any atom is -0.258 e. The Labute approximate surface area is 111 Å². The number of rotatable bonds is 3. The Morgan fingerprint density at radius 3 is 2.88 bits per heavy atom. The van der Waals surface area contributed by atoms with E-state index in [0.717, 1.165) is 11.5 Å². The molecule has 1 heterocycles. The smallest absolute Gasteiger partial charge is 0.258 e. The van der Waals surface area contributed by atoms with Crippen molar-refractivity contribution in [2.75, 3.05) is 11.5 Å². The van der Waals surface area contributed by atoms with E-state index < -0.39 is 16.4 Å². The lowest BCUT2D eigenvalue weighted by Crippen LogP contribution is -2.15. The van der Waals surface area contributed by atoms with E-state index in [0.29, 0.717) is 22.7 Å². The zero-order valence-electron chi connectivity index (χ0n) is 8.94. The van der Waals surface area contributed by atoms with Crippen molar-refractivity contribution in [2.24, 2.45) is 5.92 Å². The molecule has 1 saturated heterocycles. The summed E-state index contributed by atoms with van der Waals surface area (Å²) in [7, 11) is 0. The van der Waals surface area contributed by atoms with Crippen LogP contribution in [-0.4, -0.2) is 21.3 Å². The van der Waals surface area contributed by atoms with Gasteiger partial charge >= 0.3 is 5.69 Å². The fraction of sp³-hybridized carbons (Fsp3) is 0.455. The van der Waals surface area contributed by atoms with Gasteiger partial charge in [0.25, 0.3) is 0 Å². The molecule has 1 aromatic carbocycles. The maximum Gasteiger partial charge on any atom is 0.305 e. The van der Waals surface area contributed by atoms with E-state index in [2.05, 4.69) is 15.9 Å². The number of nitro groups is 1. The van der Waals surface area contributed by atoms with Crippen LogP contribution in [-0.2, 0) is 6.42 Å². The number of nitrogens with zero attached hydrogens (tertiary/aromatic N) is 1. The highest BCUT2D eigenvalue weighted by atomic mass is 79.9. The third-order valence-electron chi connectivity index (χ3n) is 2.86. The van der Waals surface area contributed by atoms with E-state index in [1.165, 1.54) is 6.07 Å². The molecule has 0 spiro atoms. The highest BCUT2D eigenvalue weighted by Crippen LogP contribution is 2.33. The molecular weight excluding hydrogens is 309 g/mol. The molecule has 17 heavy (non-hydrogen) atoms. The summed E-state index contributed by atoms with van der Waals surface area (Å²) >= 11 is 5.38. The molecule has 2 atom stereocenters. The Bertz CT molecular complexity index is 443. The van der Waals surface area contributed by atoms with Gasteiger partial charge in [-0.2, -0.15) is 16.2 Å². The number of alkyl halides is 1. The predicted molar refractivity (Wildman–Crippen MR) is 70.3 cm³/mol. The molecular formula is C11H11BrFNO2S. The van der Waals surface area contributed by atoms with Crippen LogP contribution >= 0.6 is 27.7 Å². The molecule has 1 aliphatic heterocycles. The Balaban J connectivity index is 2.21. The molecule has 0 N–H and O–H groups in total. The van der Waals surface area contributed by atoms with Crippen molar-refractivity contribution in [1.82, 2.24) is 0 Å². The zero-order valence-corrected chi connectivity index (χ0v) is 11.3. The molecule has 1 aliphatic rings. The van der Waals surface area contributed by atoms with Gasteiger partial charge in [0.15, 0.2) is 0 Å². The van der Waals surface area contributed by atoms with Gasteiger partial charge in [0.1, 0.15) is 0 Å². The number of benzene rings is 1. The second-order valence-corrected chi connectivity index (χ2v) is 6.28. The van der Waals surface area contributed by atoms with Gasteiger partial charge in [-0.1, -0.05) is 28.1 Å².